The van der Waals surface area contributed by atoms with Crippen LogP contribution in [0, 0.1) is 5.82 Å². The highest BCUT2D eigenvalue weighted by atomic mass is 32.2. The molecule has 144 valence electrons. The third kappa shape index (κ3) is 5.52. The van der Waals surface area contributed by atoms with Gasteiger partial charge < -0.3 is 9.47 Å². The molecule has 0 aliphatic rings. The summed E-state index contributed by atoms with van der Waals surface area (Å²) in [6.07, 6.45) is -0.154. The molecule has 0 aliphatic carbocycles. The Morgan fingerprint density at radius 2 is 1.74 bits per heavy atom. The molecule has 0 aliphatic heterocycles. The highest BCUT2D eigenvalue weighted by Crippen LogP contribution is 2.19. The molecule has 7 nitrogen and oxygen atoms in total. The molecule has 0 fully saturated rings. The lowest BCUT2D eigenvalue weighted by atomic mass is 10.1. The summed E-state index contributed by atoms with van der Waals surface area (Å²) in [5, 5.41) is 0. The number of esters is 1. The van der Waals surface area contributed by atoms with E-state index >= 15 is 0 Å². The van der Waals surface area contributed by atoms with Gasteiger partial charge in [0.15, 0.2) is 6.10 Å². The Balaban J connectivity index is 2.07. The van der Waals surface area contributed by atoms with Crippen LogP contribution in [0.1, 0.15) is 27.6 Å². The van der Waals surface area contributed by atoms with E-state index in [4.69, 9.17) is 9.47 Å². The van der Waals surface area contributed by atoms with Crippen LogP contribution in [0.4, 0.5) is 10.1 Å². The Morgan fingerprint density at radius 3 is 2.26 bits per heavy atom. The van der Waals surface area contributed by atoms with Crippen LogP contribution >= 0.6 is 0 Å². The van der Waals surface area contributed by atoms with E-state index in [0.717, 1.165) is 12.3 Å². The number of benzene rings is 2. The first-order chi connectivity index (χ1) is 12.6. The topological polar surface area (TPSA) is 98.8 Å². The van der Waals surface area contributed by atoms with Crippen LogP contribution in [0.2, 0.25) is 0 Å². The number of ether oxygens (including phenoxy) is 2. The number of ketones is 1. The van der Waals surface area contributed by atoms with E-state index in [-0.39, 0.29) is 16.9 Å². The van der Waals surface area contributed by atoms with Crippen LogP contribution in [0.3, 0.4) is 0 Å². The van der Waals surface area contributed by atoms with Crippen molar-refractivity contribution in [3.63, 3.8) is 0 Å². The van der Waals surface area contributed by atoms with Crippen molar-refractivity contribution >= 4 is 27.5 Å². The van der Waals surface area contributed by atoms with E-state index in [0.29, 0.717) is 5.69 Å². The van der Waals surface area contributed by atoms with Gasteiger partial charge in [0, 0.05) is 17.3 Å². The first kappa shape index (κ1) is 20.4. The summed E-state index contributed by atoms with van der Waals surface area (Å²) in [4.78, 5) is 24.5. The molecule has 2 aromatic carbocycles. The van der Waals surface area contributed by atoms with Gasteiger partial charge in [-0.15, -0.1) is 0 Å². The van der Waals surface area contributed by atoms with E-state index in [9.17, 15) is 22.4 Å². The Bertz CT molecular complexity index is 956. The van der Waals surface area contributed by atoms with Crippen LogP contribution in [0.15, 0.2) is 42.5 Å². The third-order valence-electron chi connectivity index (χ3n) is 3.52. The molecule has 0 aromatic heterocycles. The fourth-order valence-corrected chi connectivity index (χ4v) is 2.78. The second kappa shape index (κ2) is 8.17. The monoisotopic (exact) mass is 395 g/mol. The summed E-state index contributed by atoms with van der Waals surface area (Å²) in [6.45, 7) is 1.37. The molecule has 2 aromatic rings. The van der Waals surface area contributed by atoms with Gasteiger partial charge in [0.2, 0.25) is 15.8 Å². The predicted molar refractivity (Wildman–Crippen MR) is 97.1 cm³/mol. The molecule has 0 unspecified atom stereocenters. The molecule has 27 heavy (non-hydrogen) atoms. The first-order valence-electron chi connectivity index (χ1n) is 7.77. The number of hydrogen-bond acceptors (Lipinski definition) is 6. The third-order valence-corrected chi connectivity index (χ3v) is 4.13. The number of anilines is 1. The number of carbonyl (C=O) groups excluding carboxylic acids is 2. The van der Waals surface area contributed by atoms with Crippen LogP contribution in [0.25, 0.3) is 0 Å². The fraction of sp³-hybridized carbons (Fsp3) is 0.222. The minimum absolute atomic E-state index is 0.213. The summed E-state index contributed by atoms with van der Waals surface area (Å²) < 4.78 is 48.4. The number of halogens is 1. The Morgan fingerprint density at radius 1 is 1.11 bits per heavy atom. The maximum Gasteiger partial charge on any atom is 0.341 e. The Labute approximate surface area is 156 Å². The molecule has 1 atom stereocenters. The zero-order valence-corrected chi connectivity index (χ0v) is 15.7. The number of Topliss-reactive ketones (excluding diaryl/α,β-unsaturated/α-hetero) is 1. The van der Waals surface area contributed by atoms with Crippen molar-refractivity contribution in [2.45, 2.75) is 13.0 Å². The average Bonchev–Trinajstić information content (AvgIpc) is 2.60. The van der Waals surface area contributed by atoms with Gasteiger partial charge in [-0.25, -0.2) is 17.6 Å². The van der Waals surface area contributed by atoms with Crippen molar-refractivity contribution in [3.8, 4) is 5.75 Å². The molecule has 0 saturated carbocycles. The molecule has 9 heteroatoms. The van der Waals surface area contributed by atoms with E-state index in [1.54, 1.807) is 0 Å². The summed E-state index contributed by atoms with van der Waals surface area (Å²) in [5.74, 6) is -2.07. The van der Waals surface area contributed by atoms with E-state index in [1.165, 1.54) is 50.4 Å². The van der Waals surface area contributed by atoms with Crippen molar-refractivity contribution < 1.29 is 31.9 Å². The number of sulfonamides is 1. The standard InChI is InChI=1S/C18H18FNO6S/c1-11(26-18(22)15-9-8-14(25-2)10-16(15)19)17(21)12-4-6-13(7-5-12)20-27(3,23)24/h4-11,20H,1-3H3/t11-/m0/s1. The normalized spacial score (nSPS) is 12.1. The van der Waals surface area contributed by atoms with Gasteiger partial charge in [0.1, 0.15) is 11.6 Å². The summed E-state index contributed by atoms with van der Waals surface area (Å²) in [7, 11) is -2.07. The molecule has 0 bridgehead atoms. The zero-order chi connectivity index (χ0) is 20.2. The van der Waals surface area contributed by atoms with Crippen molar-refractivity contribution in [1.82, 2.24) is 0 Å². The first-order valence-corrected chi connectivity index (χ1v) is 9.66. The fourth-order valence-electron chi connectivity index (χ4n) is 2.22. The van der Waals surface area contributed by atoms with Crippen molar-refractivity contribution in [1.29, 1.82) is 0 Å². The number of hydrogen-bond donors (Lipinski definition) is 1. The number of rotatable bonds is 7. The van der Waals surface area contributed by atoms with Gasteiger partial charge in [-0.1, -0.05) is 0 Å². The maximum absolute atomic E-state index is 13.9. The van der Waals surface area contributed by atoms with Crippen LogP contribution < -0.4 is 9.46 Å². The molecule has 0 saturated heterocycles. The number of methoxy groups -OCH3 is 1. The maximum atomic E-state index is 13.9. The van der Waals surface area contributed by atoms with E-state index < -0.39 is 33.7 Å². The van der Waals surface area contributed by atoms with Gasteiger partial charge in [-0.2, -0.15) is 0 Å². The predicted octanol–water partition coefficient (Wildman–Crippen LogP) is 2.63. The van der Waals surface area contributed by atoms with E-state index in [2.05, 4.69) is 4.72 Å². The lowest BCUT2D eigenvalue weighted by Crippen LogP contribution is -2.25. The largest absolute Gasteiger partial charge is 0.497 e. The van der Waals surface area contributed by atoms with Gasteiger partial charge >= 0.3 is 5.97 Å². The van der Waals surface area contributed by atoms with Gasteiger partial charge in [0.25, 0.3) is 0 Å². The quantitative estimate of drug-likeness (QED) is 0.572. The number of nitrogens with one attached hydrogen (secondary N) is 1. The van der Waals surface area contributed by atoms with Crippen molar-refractivity contribution in [2.24, 2.45) is 0 Å². The molecule has 2 rings (SSSR count). The highest BCUT2D eigenvalue weighted by molar-refractivity contribution is 7.92. The van der Waals surface area contributed by atoms with Gasteiger partial charge in [-0.05, 0) is 43.3 Å². The molecule has 0 heterocycles. The minimum Gasteiger partial charge on any atom is -0.497 e. The minimum atomic E-state index is -3.43. The zero-order valence-electron chi connectivity index (χ0n) is 14.9. The molecular weight excluding hydrogens is 377 g/mol. The highest BCUT2D eigenvalue weighted by Gasteiger charge is 2.22. The lowest BCUT2D eigenvalue weighted by molar-refractivity contribution is 0.0314. The SMILES string of the molecule is COc1ccc(C(=O)O[C@@H](C)C(=O)c2ccc(NS(C)(=O)=O)cc2)c(F)c1. The van der Waals surface area contributed by atoms with Crippen molar-refractivity contribution in [2.75, 3.05) is 18.1 Å². The average molecular weight is 395 g/mol. The van der Waals surface area contributed by atoms with Gasteiger partial charge in [0.05, 0.1) is 18.9 Å². The molecule has 0 radical (unpaired) electrons. The smallest absolute Gasteiger partial charge is 0.341 e. The van der Waals surface area contributed by atoms with Crippen LogP contribution in [0.5, 0.6) is 5.75 Å². The van der Waals surface area contributed by atoms with Crippen LogP contribution in [-0.2, 0) is 14.8 Å². The van der Waals surface area contributed by atoms with Crippen molar-refractivity contribution in [3.05, 3.63) is 59.4 Å². The summed E-state index contributed by atoms with van der Waals surface area (Å²) in [6, 6.07) is 9.26. The summed E-state index contributed by atoms with van der Waals surface area (Å²) >= 11 is 0. The Hall–Kier alpha value is -2.94. The Kier molecular flexibility index (Phi) is 6.17. The molecule has 0 amide bonds. The molecular formula is C18H18FNO6S. The van der Waals surface area contributed by atoms with E-state index in [1.807, 2.05) is 0 Å². The van der Waals surface area contributed by atoms with Crippen LogP contribution in [-0.4, -0.2) is 39.6 Å². The van der Waals surface area contributed by atoms with Gasteiger partial charge in [-0.3, -0.25) is 9.52 Å². The molecule has 1 N–H and O–H groups in total. The number of carbonyl (C=O) groups is 2. The second-order valence-electron chi connectivity index (χ2n) is 5.71. The second-order valence-corrected chi connectivity index (χ2v) is 7.46. The molecule has 0 spiro atoms. The summed E-state index contributed by atoms with van der Waals surface area (Å²) in [5.41, 5.74) is 0.187. The lowest BCUT2D eigenvalue weighted by Gasteiger charge is -2.13.